The van der Waals surface area contributed by atoms with Gasteiger partial charge in [0.2, 0.25) is 11.8 Å². The second-order valence-corrected chi connectivity index (χ2v) is 7.21. The summed E-state index contributed by atoms with van der Waals surface area (Å²) in [6.45, 7) is 1.75. The molecule has 1 aromatic carbocycles. The van der Waals surface area contributed by atoms with Gasteiger partial charge in [0.15, 0.2) is 5.82 Å². The van der Waals surface area contributed by atoms with Gasteiger partial charge in [-0.15, -0.1) is 0 Å². The van der Waals surface area contributed by atoms with Gasteiger partial charge < -0.3 is 14.7 Å². The number of rotatable bonds is 7. The van der Waals surface area contributed by atoms with E-state index in [-0.39, 0.29) is 11.7 Å². The van der Waals surface area contributed by atoms with E-state index in [4.69, 9.17) is 4.52 Å². The minimum atomic E-state index is -0.304. The number of halogens is 1. The van der Waals surface area contributed by atoms with Crippen molar-refractivity contribution >= 4 is 17.3 Å². The summed E-state index contributed by atoms with van der Waals surface area (Å²) >= 11 is 0. The van der Waals surface area contributed by atoms with Crippen molar-refractivity contribution in [3.63, 3.8) is 0 Å². The van der Waals surface area contributed by atoms with Crippen molar-refractivity contribution in [2.75, 3.05) is 17.3 Å². The molecular weight excluding hydrogens is 347 g/mol. The average Bonchev–Trinajstić information content (AvgIpc) is 3.07. The maximum atomic E-state index is 14.6. The van der Waals surface area contributed by atoms with Crippen LogP contribution in [-0.2, 0) is 11.2 Å². The van der Waals surface area contributed by atoms with E-state index in [1.54, 1.807) is 19.1 Å². The first-order valence-corrected chi connectivity index (χ1v) is 9.64. The third-order valence-electron chi connectivity index (χ3n) is 5.10. The molecule has 2 aromatic rings. The molecule has 1 aromatic heterocycles. The molecule has 0 radical (unpaired) electrons. The molecule has 1 saturated carbocycles. The number of carbonyl (C=O) groups is 1. The number of aryl methyl sites for hydroxylation is 2. The Morgan fingerprint density at radius 3 is 2.78 bits per heavy atom. The Kier molecular flexibility index (Phi) is 6.42. The van der Waals surface area contributed by atoms with Crippen LogP contribution < -0.4 is 10.2 Å². The van der Waals surface area contributed by atoms with Crippen molar-refractivity contribution < 1.29 is 13.7 Å². The zero-order valence-electron chi connectivity index (χ0n) is 16.0. The minimum Gasteiger partial charge on any atom is -0.369 e. The van der Waals surface area contributed by atoms with Gasteiger partial charge in [0.1, 0.15) is 5.82 Å². The Morgan fingerprint density at radius 2 is 2.11 bits per heavy atom. The summed E-state index contributed by atoms with van der Waals surface area (Å²) in [4.78, 5) is 18.2. The number of hydrogen-bond donors (Lipinski definition) is 1. The third-order valence-corrected chi connectivity index (χ3v) is 5.10. The third kappa shape index (κ3) is 5.28. The van der Waals surface area contributed by atoms with E-state index in [1.807, 2.05) is 11.9 Å². The zero-order chi connectivity index (χ0) is 19.2. The number of carbonyl (C=O) groups excluding carboxylic acids is 1. The van der Waals surface area contributed by atoms with Crippen LogP contribution >= 0.6 is 0 Å². The number of hydrogen-bond acceptors (Lipinski definition) is 5. The summed E-state index contributed by atoms with van der Waals surface area (Å²) in [6, 6.07) is 5.30. The fourth-order valence-corrected chi connectivity index (χ4v) is 3.60. The lowest BCUT2D eigenvalue weighted by Gasteiger charge is -2.33. The number of anilines is 2. The van der Waals surface area contributed by atoms with E-state index in [1.165, 1.54) is 25.3 Å². The highest BCUT2D eigenvalue weighted by Crippen LogP contribution is 2.29. The van der Waals surface area contributed by atoms with Crippen LogP contribution in [0, 0.1) is 12.7 Å². The summed E-state index contributed by atoms with van der Waals surface area (Å²) < 4.78 is 19.6. The molecule has 0 bridgehead atoms. The van der Waals surface area contributed by atoms with Crippen LogP contribution in [0.15, 0.2) is 22.7 Å². The highest BCUT2D eigenvalue weighted by Gasteiger charge is 2.20. The molecule has 146 valence electrons. The van der Waals surface area contributed by atoms with Gasteiger partial charge in [-0.25, -0.2) is 4.39 Å². The first-order valence-electron chi connectivity index (χ1n) is 9.64. The maximum absolute atomic E-state index is 14.6. The standard InChI is InChI=1S/C20H27FN4O2/c1-14-22-20(27-24-14)10-6-9-19(26)23-15-11-12-18(17(21)13-15)25(2)16-7-4-3-5-8-16/h11-13,16H,3-10H2,1-2H3,(H,23,26). The molecule has 1 N–H and O–H groups in total. The molecule has 27 heavy (non-hydrogen) atoms. The Hall–Kier alpha value is -2.44. The number of amides is 1. The molecule has 0 spiro atoms. The summed E-state index contributed by atoms with van der Waals surface area (Å²) in [7, 11) is 1.95. The monoisotopic (exact) mass is 374 g/mol. The highest BCUT2D eigenvalue weighted by molar-refractivity contribution is 5.90. The predicted octanol–water partition coefficient (Wildman–Crippen LogP) is 4.25. The van der Waals surface area contributed by atoms with E-state index in [9.17, 15) is 9.18 Å². The number of nitrogens with one attached hydrogen (secondary N) is 1. The van der Waals surface area contributed by atoms with E-state index in [0.29, 0.717) is 48.4 Å². The van der Waals surface area contributed by atoms with Crippen LogP contribution in [-0.4, -0.2) is 29.1 Å². The van der Waals surface area contributed by atoms with E-state index in [2.05, 4.69) is 15.5 Å². The first-order chi connectivity index (χ1) is 13.0. The van der Waals surface area contributed by atoms with Gasteiger partial charge in [-0.05, 0) is 44.4 Å². The lowest BCUT2D eigenvalue weighted by Crippen LogP contribution is -2.33. The highest BCUT2D eigenvalue weighted by atomic mass is 19.1. The van der Waals surface area contributed by atoms with Gasteiger partial charge in [-0.1, -0.05) is 24.4 Å². The Balaban J connectivity index is 1.51. The first kappa shape index (κ1) is 19.3. The van der Waals surface area contributed by atoms with E-state index >= 15 is 0 Å². The van der Waals surface area contributed by atoms with Crippen LogP contribution in [0.2, 0.25) is 0 Å². The van der Waals surface area contributed by atoms with Gasteiger partial charge in [0.05, 0.1) is 5.69 Å². The Morgan fingerprint density at radius 1 is 1.33 bits per heavy atom. The van der Waals surface area contributed by atoms with Gasteiger partial charge in [-0.2, -0.15) is 4.98 Å². The van der Waals surface area contributed by atoms with Crippen LogP contribution in [0.3, 0.4) is 0 Å². The minimum absolute atomic E-state index is 0.154. The van der Waals surface area contributed by atoms with Crippen molar-refractivity contribution in [2.24, 2.45) is 0 Å². The van der Waals surface area contributed by atoms with E-state index in [0.717, 1.165) is 12.8 Å². The van der Waals surface area contributed by atoms with Crippen LogP contribution in [0.25, 0.3) is 0 Å². The van der Waals surface area contributed by atoms with Crippen molar-refractivity contribution in [3.8, 4) is 0 Å². The number of nitrogens with zero attached hydrogens (tertiary/aromatic N) is 3. The quantitative estimate of drug-likeness (QED) is 0.784. The van der Waals surface area contributed by atoms with Crippen molar-refractivity contribution in [2.45, 2.75) is 64.3 Å². The van der Waals surface area contributed by atoms with Crippen molar-refractivity contribution in [1.29, 1.82) is 0 Å². The molecule has 0 aliphatic heterocycles. The molecule has 1 aliphatic carbocycles. The fourth-order valence-electron chi connectivity index (χ4n) is 3.60. The topological polar surface area (TPSA) is 71.3 Å². The molecule has 1 amide bonds. The zero-order valence-corrected chi connectivity index (χ0v) is 16.0. The Labute approximate surface area is 159 Å². The lowest BCUT2D eigenvalue weighted by molar-refractivity contribution is -0.116. The Bertz CT molecular complexity index is 771. The van der Waals surface area contributed by atoms with Crippen LogP contribution in [0.5, 0.6) is 0 Å². The van der Waals surface area contributed by atoms with Gasteiger partial charge >= 0.3 is 0 Å². The largest absolute Gasteiger partial charge is 0.369 e. The second kappa shape index (κ2) is 8.97. The molecule has 1 heterocycles. The fraction of sp³-hybridized carbons (Fsp3) is 0.550. The SMILES string of the molecule is Cc1noc(CCCC(=O)Nc2ccc(N(C)C3CCCCC3)c(F)c2)n1. The second-order valence-electron chi connectivity index (χ2n) is 7.21. The average molecular weight is 374 g/mol. The summed E-state index contributed by atoms with van der Waals surface area (Å²) in [5, 5.41) is 6.47. The van der Waals surface area contributed by atoms with Crippen LogP contribution in [0.1, 0.15) is 56.7 Å². The van der Waals surface area contributed by atoms with Crippen molar-refractivity contribution in [1.82, 2.24) is 10.1 Å². The lowest BCUT2D eigenvalue weighted by atomic mass is 9.94. The van der Waals surface area contributed by atoms with Gasteiger partial charge in [-0.3, -0.25) is 4.79 Å². The molecule has 7 heteroatoms. The molecule has 6 nitrogen and oxygen atoms in total. The van der Waals surface area contributed by atoms with Crippen molar-refractivity contribution in [3.05, 3.63) is 35.7 Å². The predicted molar refractivity (Wildman–Crippen MR) is 102 cm³/mol. The molecule has 0 saturated heterocycles. The summed E-state index contributed by atoms with van der Waals surface area (Å²) in [5.74, 6) is 0.658. The maximum Gasteiger partial charge on any atom is 0.226 e. The number of aromatic nitrogens is 2. The summed E-state index contributed by atoms with van der Waals surface area (Å²) in [5.41, 5.74) is 1.07. The van der Waals surface area contributed by atoms with Gasteiger partial charge in [0.25, 0.3) is 0 Å². The molecule has 0 atom stereocenters. The molecule has 1 aliphatic rings. The summed E-state index contributed by atoms with van der Waals surface area (Å²) in [6.07, 6.45) is 7.34. The smallest absolute Gasteiger partial charge is 0.226 e. The normalized spacial score (nSPS) is 14.9. The van der Waals surface area contributed by atoms with Crippen LogP contribution in [0.4, 0.5) is 15.8 Å². The number of benzene rings is 1. The molecular formula is C20H27FN4O2. The van der Waals surface area contributed by atoms with E-state index < -0.39 is 0 Å². The molecule has 0 unspecified atom stereocenters. The van der Waals surface area contributed by atoms with Gasteiger partial charge in [0, 0.05) is 31.6 Å². The molecule has 3 rings (SSSR count). The molecule has 1 fully saturated rings.